The molecule has 2 aromatic rings. The second kappa shape index (κ2) is 5.09. The van der Waals surface area contributed by atoms with Crippen molar-refractivity contribution >= 4 is 18.2 Å². The topological polar surface area (TPSA) is 58.5 Å². The van der Waals surface area contributed by atoms with Crippen molar-refractivity contribution in [1.29, 1.82) is 0 Å². The van der Waals surface area contributed by atoms with Gasteiger partial charge in [0.2, 0.25) is 5.91 Å². The minimum absolute atomic E-state index is 0.336. The average Bonchev–Trinajstić information content (AvgIpc) is 2.49. The summed E-state index contributed by atoms with van der Waals surface area (Å²) in [6, 6.07) is 17.3. The van der Waals surface area contributed by atoms with Crippen LogP contribution in [0.4, 0.5) is 0 Å². The van der Waals surface area contributed by atoms with Crippen molar-refractivity contribution < 1.29 is 9.59 Å². The fourth-order valence-electron chi connectivity index (χ4n) is 2.22. The lowest BCUT2D eigenvalue weighted by molar-refractivity contribution is -0.129. The van der Waals surface area contributed by atoms with Gasteiger partial charge in [0.05, 0.1) is 6.34 Å². The third kappa shape index (κ3) is 2.23. The zero-order valence-corrected chi connectivity index (χ0v) is 10.6. The second-order valence-electron chi connectivity index (χ2n) is 4.53. The van der Waals surface area contributed by atoms with Gasteiger partial charge >= 0.3 is 0 Å². The Hall–Kier alpha value is -2.75. The predicted octanol–water partition coefficient (Wildman–Crippen LogP) is 2.12. The number of hydrogen-bond donors (Lipinski definition) is 1. The molecule has 1 N–H and O–H groups in total. The Balaban J connectivity index is 1.92. The molecule has 1 heterocycles. The third-order valence-corrected chi connectivity index (χ3v) is 3.26. The van der Waals surface area contributed by atoms with Crippen LogP contribution < -0.4 is 5.32 Å². The molecule has 20 heavy (non-hydrogen) atoms. The Labute approximate surface area is 116 Å². The first-order chi connectivity index (χ1) is 9.75. The van der Waals surface area contributed by atoms with Gasteiger partial charge in [-0.25, -0.2) is 4.99 Å². The van der Waals surface area contributed by atoms with E-state index < -0.39 is 11.8 Å². The van der Waals surface area contributed by atoms with E-state index in [2.05, 4.69) is 10.3 Å². The van der Waals surface area contributed by atoms with Crippen molar-refractivity contribution in [1.82, 2.24) is 5.32 Å². The number of nitrogens with zero attached hydrogens (tertiary/aromatic N) is 1. The van der Waals surface area contributed by atoms with Crippen LogP contribution in [0.2, 0.25) is 0 Å². The lowest BCUT2D eigenvalue weighted by atomic mass is 9.94. The molecule has 4 heteroatoms. The normalized spacial score (nSPS) is 17.9. The zero-order valence-electron chi connectivity index (χ0n) is 10.6. The summed E-state index contributed by atoms with van der Waals surface area (Å²) in [6.07, 6.45) is 1.14. The van der Waals surface area contributed by atoms with Gasteiger partial charge in [-0.1, -0.05) is 54.6 Å². The van der Waals surface area contributed by atoms with E-state index in [4.69, 9.17) is 0 Å². The number of benzene rings is 2. The maximum Gasteiger partial charge on any atom is 0.264 e. The first-order valence-electron chi connectivity index (χ1n) is 6.28. The Bertz CT molecular complexity index is 675. The van der Waals surface area contributed by atoms with Crippen molar-refractivity contribution in [3.8, 4) is 11.1 Å². The SMILES string of the molecule is O=C1N=CNC(=O)C1c1ccc(-c2ccccc2)cc1. The standard InChI is InChI=1S/C16H12N2O2/c19-15-14(16(20)18-10-17-15)13-8-6-12(7-9-13)11-4-2-1-3-5-11/h1-10,14H,(H,17,18,19,20). The molecule has 0 saturated carbocycles. The molecule has 3 rings (SSSR count). The molecule has 0 saturated heterocycles. The molecule has 0 bridgehead atoms. The summed E-state index contributed by atoms with van der Waals surface area (Å²) >= 11 is 0. The highest BCUT2D eigenvalue weighted by molar-refractivity contribution is 6.14. The molecule has 1 unspecified atom stereocenters. The highest BCUT2D eigenvalue weighted by Crippen LogP contribution is 2.24. The molecule has 98 valence electrons. The second-order valence-corrected chi connectivity index (χ2v) is 4.53. The Morgan fingerprint density at radius 2 is 1.50 bits per heavy atom. The van der Waals surface area contributed by atoms with E-state index in [-0.39, 0.29) is 5.91 Å². The summed E-state index contributed by atoms with van der Waals surface area (Å²) in [5.41, 5.74) is 2.79. The molecule has 4 nitrogen and oxygen atoms in total. The van der Waals surface area contributed by atoms with Crippen LogP contribution in [0.25, 0.3) is 11.1 Å². The van der Waals surface area contributed by atoms with Crippen LogP contribution in [0.3, 0.4) is 0 Å². The highest BCUT2D eigenvalue weighted by atomic mass is 16.2. The first-order valence-corrected chi connectivity index (χ1v) is 6.28. The van der Waals surface area contributed by atoms with E-state index >= 15 is 0 Å². The maximum absolute atomic E-state index is 11.7. The molecule has 1 aliphatic heterocycles. The summed E-state index contributed by atoms with van der Waals surface area (Å²) in [5, 5.41) is 2.46. The molecule has 1 atom stereocenters. The zero-order chi connectivity index (χ0) is 13.9. The average molecular weight is 264 g/mol. The van der Waals surface area contributed by atoms with Gasteiger partial charge in [-0.15, -0.1) is 0 Å². The molecule has 0 spiro atoms. The molecular formula is C16H12N2O2. The van der Waals surface area contributed by atoms with Crippen molar-refractivity contribution in [3.63, 3.8) is 0 Å². The quantitative estimate of drug-likeness (QED) is 0.845. The third-order valence-electron chi connectivity index (χ3n) is 3.26. The van der Waals surface area contributed by atoms with Gasteiger partial charge in [0.15, 0.2) is 0 Å². The molecule has 0 fully saturated rings. The van der Waals surface area contributed by atoms with Crippen LogP contribution >= 0.6 is 0 Å². The van der Waals surface area contributed by atoms with E-state index in [1.165, 1.54) is 0 Å². The van der Waals surface area contributed by atoms with E-state index in [1.54, 1.807) is 12.1 Å². The minimum Gasteiger partial charge on any atom is -0.316 e. The van der Waals surface area contributed by atoms with Crippen molar-refractivity contribution in [2.24, 2.45) is 4.99 Å². The summed E-state index contributed by atoms with van der Waals surface area (Å²) in [5.74, 6) is -1.61. The smallest absolute Gasteiger partial charge is 0.264 e. The van der Waals surface area contributed by atoms with Crippen molar-refractivity contribution in [3.05, 3.63) is 60.2 Å². The van der Waals surface area contributed by atoms with Crippen LogP contribution in [0.15, 0.2) is 59.6 Å². The fourth-order valence-corrected chi connectivity index (χ4v) is 2.22. The molecule has 0 aromatic heterocycles. The van der Waals surface area contributed by atoms with Crippen LogP contribution in [0.1, 0.15) is 11.5 Å². The van der Waals surface area contributed by atoms with Crippen molar-refractivity contribution in [2.45, 2.75) is 5.92 Å². The van der Waals surface area contributed by atoms with Gasteiger partial charge in [-0.05, 0) is 16.7 Å². The molecule has 2 aromatic carbocycles. The number of rotatable bonds is 2. The van der Waals surface area contributed by atoms with Crippen LogP contribution in [-0.4, -0.2) is 18.2 Å². The predicted molar refractivity (Wildman–Crippen MR) is 76.3 cm³/mol. The number of carbonyl (C=O) groups excluding carboxylic acids is 2. The lowest BCUT2D eigenvalue weighted by Crippen LogP contribution is -2.36. The fraction of sp³-hybridized carbons (Fsp3) is 0.0625. The van der Waals surface area contributed by atoms with E-state index in [0.29, 0.717) is 5.56 Å². The minimum atomic E-state index is -0.843. The van der Waals surface area contributed by atoms with Crippen LogP contribution in [-0.2, 0) is 9.59 Å². The van der Waals surface area contributed by atoms with Gasteiger partial charge < -0.3 is 5.32 Å². The summed E-state index contributed by atoms with van der Waals surface area (Å²) in [4.78, 5) is 27.1. The highest BCUT2D eigenvalue weighted by Gasteiger charge is 2.30. The van der Waals surface area contributed by atoms with E-state index in [0.717, 1.165) is 17.5 Å². The van der Waals surface area contributed by atoms with Gasteiger partial charge in [0, 0.05) is 0 Å². The number of amides is 2. The first kappa shape index (κ1) is 12.3. The Morgan fingerprint density at radius 3 is 2.15 bits per heavy atom. The number of nitrogens with one attached hydrogen (secondary N) is 1. The van der Waals surface area contributed by atoms with E-state index in [1.807, 2.05) is 42.5 Å². The summed E-state index contributed by atoms with van der Waals surface area (Å²) in [6.45, 7) is 0. The van der Waals surface area contributed by atoms with E-state index in [9.17, 15) is 9.59 Å². The largest absolute Gasteiger partial charge is 0.316 e. The van der Waals surface area contributed by atoms with Gasteiger partial charge in [0.25, 0.3) is 5.91 Å². The molecule has 0 aliphatic carbocycles. The number of aliphatic imine (C=N–C) groups is 1. The van der Waals surface area contributed by atoms with Gasteiger partial charge in [-0.3, -0.25) is 9.59 Å². The molecule has 0 radical (unpaired) electrons. The summed E-state index contributed by atoms with van der Waals surface area (Å²) < 4.78 is 0. The molecule has 2 amide bonds. The number of carbonyl (C=O) groups is 2. The van der Waals surface area contributed by atoms with Gasteiger partial charge in [0.1, 0.15) is 5.92 Å². The van der Waals surface area contributed by atoms with Crippen molar-refractivity contribution in [2.75, 3.05) is 0 Å². The number of hydrogen-bond acceptors (Lipinski definition) is 2. The Morgan fingerprint density at radius 1 is 0.850 bits per heavy atom. The maximum atomic E-state index is 11.7. The monoisotopic (exact) mass is 264 g/mol. The Kier molecular flexibility index (Phi) is 3.13. The lowest BCUT2D eigenvalue weighted by Gasteiger charge is -2.16. The van der Waals surface area contributed by atoms with Crippen LogP contribution in [0, 0.1) is 0 Å². The summed E-state index contributed by atoms with van der Waals surface area (Å²) in [7, 11) is 0. The molecular weight excluding hydrogens is 252 g/mol. The van der Waals surface area contributed by atoms with Gasteiger partial charge in [-0.2, -0.15) is 0 Å². The van der Waals surface area contributed by atoms with Crippen LogP contribution in [0.5, 0.6) is 0 Å². The molecule has 1 aliphatic rings.